The molecule has 1 fully saturated rings. The third kappa shape index (κ3) is 2.89. The molecular formula is C17H23FN2O. The van der Waals surface area contributed by atoms with Crippen molar-refractivity contribution in [2.45, 2.75) is 58.4 Å². The smallest absolute Gasteiger partial charge is 0.224 e. The van der Waals surface area contributed by atoms with Crippen molar-refractivity contribution in [1.29, 1.82) is 0 Å². The van der Waals surface area contributed by atoms with Gasteiger partial charge in [0.1, 0.15) is 5.82 Å². The van der Waals surface area contributed by atoms with Crippen molar-refractivity contribution in [3.05, 3.63) is 23.5 Å². The second kappa shape index (κ2) is 5.32. The first-order chi connectivity index (χ1) is 9.95. The molecule has 2 aliphatic rings. The number of anilines is 2. The molecule has 3 nitrogen and oxygen atoms in total. The molecule has 1 aliphatic carbocycles. The van der Waals surface area contributed by atoms with Gasteiger partial charge in [0.15, 0.2) is 0 Å². The number of halogens is 1. The standard InChI is InChI=1S/C17H23FN2O/c1-17(2)8-4-3-5-15(17)19-14-10-13-11(9-12(14)18)6-7-16(21)20-13/h9-10,15,19H,3-8H2,1-2H3,(H,20,21). The summed E-state index contributed by atoms with van der Waals surface area (Å²) in [4.78, 5) is 11.5. The first-order valence-electron chi connectivity index (χ1n) is 7.84. The van der Waals surface area contributed by atoms with Gasteiger partial charge in [-0.3, -0.25) is 4.79 Å². The highest BCUT2D eigenvalue weighted by Crippen LogP contribution is 2.38. The van der Waals surface area contributed by atoms with Crippen molar-refractivity contribution in [1.82, 2.24) is 0 Å². The fraction of sp³-hybridized carbons (Fsp3) is 0.588. The molecule has 3 rings (SSSR count). The van der Waals surface area contributed by atoms with Crippen molar-refractivity contribution in [3.8, 4) is 0 Å². The molecule has 1 amide bonds. The summed E-state index contributed by atoms with van der Waals surface area (Å²) in [5, 5.41) is 6.22. The van der Waals surface area contributed by atoms with Gasteiger partial charge < -0.3 is 10.6 Å². The van der Waals surface area contributed by atoms with Crippen LogP contribution >= 0.6 is 0 Å². The molecule has 4 heteroatoms. The zero-order chi connectivity index (χ0) is 15.0. The fourth-order valence-corrected chi connectivity index (χ4v) is 3.46. The third-order valence-electron chi connectivity index (χ3n) is 4.93. The van der Waals surface area contributed by atoms with Crippen LogP contribution in [0.15, 0.2) is 12.1 Å². The van der Waals surface area contributed by atoms with Gasteiger partial charge in [-0.1, -0.05) is 26.7 Å². The molecule has 1 atom stereocenters. The number of aryl methyl sites for hydroxylation is 1. The average molecular weight is 290 g/mol. The molecule has 114 valence electrons. The highest BCUT2D eigenvalue weighted by molar-refractivity contribution is 5.94. The average Bonchev–Trinajstić information content (AvgIpc) is 2.42. The summed E-state index contributed by atoms with van der Waals surface area (Å²) in [6, 6.07) is 3.59. The Labute approximate surface area is 125 Å². The van der Waals surface area contributed by atoms with Crippen molar-refractivity contribution in [3.63, 3.8) is 0 Å². The van der Waals surface area contributed by atoms with Crippen LogP contribution in [0.5, 0.6) is 0 Å². The van der Waals surface area contributed by atoms with Crippen molar-refractivity contribution in [2.75, 3.05) is 10.6 Å². The van der Waals surface area contributed by atoms with Gasteiger partial charge in [-0.2, -0.15) is 0 Å². The number of hydrogen-bond acceptors (Lipinski definition) is 2. The van der Waals surface area contributed by atoms with Crippen molar-refractivity contribution >= 4 is 17.3 Å². The number of amides is 1. The maximum Gasteiger partial charge on any atom is 0.224 e. The Bertz CT molecular complexity index is 568. The molecular weight excluding hydrogens is 267 g/mol. The van der Waals surface area contributed by atoms with Crippen LogP contribution in [-0.2, 0) is 11.2 Å². The minimum absolute atomic E-state index is 0.0121. The topological polar surface area (TPSA) is 41.1 Å². The lowest BCUT2D eigenvalue weighted by Crippen LogP contribution is -2.39. The highest BCUT2D eigenvalue weighted by atomic mass is 19.1. The maximum absolute atomic E-state index is 14.3. The summed E-state index contributed by atoms with van der Waals surface area (Å²) < 4.78 is 14.3. The van der Waals surface area contributed by atoms with Gasteiger partial charge in [-0.15, -0.1) is 0 Å². The number of hydrogen-bond donors (Lipinski definition) is 2. The molecule has 0 saturated heterocycles. The molecule has 0 spiro atoms. The van der Waals surface area contributed by atoms with E-state index in [-0.39, 0.29) is 23.2 Å². The molecule has 0 bridgehead atoms. The van der Waals surface area contributed by atoms with Gasteiger partial charge in [0.2, 0.25) is 5.91 Å². The largest absolute Gasteiger partial charge is 0.379 e. The highest BCUT2D eigenvalue weighted by Gasteiger charge is 2.32. The van der Waals surface area contributed by atoms with Crippen molar-refractivity contribution < 1.29 is 9.18 Å². The lowest BCUT2D eigenvalue weighted by Gasteiger charge is -2.39. The Hall–Kier alpha value is -1.58. The van der Waals surface area contributed by atoms with Crippen LogP contribution in [0.25, 0.3) is 0 Å². The summed E-state index contributed by atoms with van der Waals surface area (Å²) in [5.74, 6) is -0.204. The van der Waals surface area contributed by atoms with E-state index in [0.29, 0.717) is 18.5 Å². The molecule has 1 heterocycles. The molecule has 2 N–H and O–H groups in total. The first-order valence-corrected chi connectivity index (χ1v) is 7.84. The van der Waals surface area contributed by atoms with E-state index in [4.69, 9.17) is 0 Å². The summed E-state index contributed by atoms with van der Waals surface area (Å²) in [7, 11) is 0. The molecule has 1 unspecified atom stereocenters. The Kier molecular flexibility index (Phi) is 3.64. The summed E-state index contributed by atoms with van der Waals surface area (Å²) in [6.07, 6.45) is 5.71. The van der Waals surface area contributed by atoms with Gasteiger partial charge in [-0.25, -0.2) is 4.39 Å². The van der Waals surface area contributed by atoms with Gasteiger partial charge in [0, 0.05) is 18.2 Å². The van der Waals surface area contributed by atoms with E-state index in [1.165, 1.54) is 12.8 Å². The first kappa shape index (κ1) is 14.4. The van der Waals surface area contributed by atoms with E-state index in [9.17, 15) is 9.18 Å². The van der Waals surface area contributed by atoms with E-state index in [0.717, 1.165) is 24.1 Å². The predicted molar refractivity (Wildman–Crippen MR) is 83.0 cm³/mol. The Morgan fingerprint density at radius 3 is 2.86 bits per heavy atom. The molecule has 1 saturated carbocycles. The zero-order valence-corrected chi connectivity index (χ0v) is 12.8. The number of fused-ring (bicyclic) bond motifs is 1. The van der Waals surface area contributed by atoms with Gasteiger partial charge in [0.05, 0.1) is 5.69 Å². The van der Waals surface area contributed by atoms with Gasteiger partial charge in [0.25, 0.3) is 0 Å². The SMILES string of the molecule is CC1(C)CCCCC1Nc1cc2c(cc1F)CCC(=O)N2. The number of benzene rings is 1. The molecule has 1 aromatic rings. The second-order valence-electron chi connectivity index (χ2n) is 6.97. The van der Waals surface area contributed by atoms with Crippen LogP contribution in [-0.4, -0.2) is 11.9 Å². The number of carbonyl (C=O) groups excluding carboxylic acids is 1. The van der Waals surface area contributed by atoms with Crippen LogP contribution in [0.3, 0.4) is 0 Å². The van der Waals surface area contributed by atoms with Crippen LogP contribution in [0.1, 0.15) is 51.5 Å². The predicted octanol–water partition coefficient (Wildman–Crippen LogP) is 4.09. The fourth-order valence-electron chi connectivity index (χ4n) is 3.46. The van der Waals surface area contributed by atoms with E-state index in [2.05, 4.69) is 24.5 Å². The van der Waals surface area contributed by atoms with Crippen molar-refractivity contribution in [2.24, 2.45) is 5.41 Å². The summed E-state index contributed by atoms with van der Waals surface area (Å²) in [5.41, 5.74) is 2.32. The second-order valence-corrected chi connectivity index (χ2v) is 6.97. The Morgan fingerprint density at radius 2 is 2.10 bits per heavy atom. The lowest BCUT2D eigenvalue weighted by molar-refractivity contribution is -0.116. The van der Waals surface area contributed by atoms with Crippen LogP contribution in [0.2, 0.25) is 0 Å². The van der Waals surface area contributed by atoms with Gasteiger partial charge in [-0.05, 0) is 42.4 Å². The molecule has 1 aliphatic heterocycles. The zero-order valence-electron chi connectivity index (χ0n) is 12.8. The Morgan fingerprint density at radius 1 is 1.29 bits per heavy atom. The number of carbonyl (C=O) groups is 1. The molecule has 1 aromatic carbocycles. The minimum atomic E-state index is -0.216. The van der Waals surface area contributed by atoms with Gasteiger partial charge >= 0.3 is 0 Å². The lowest BCUT2D eigenvalue weighted by atomic mass is 9.73. The molecule has 0 radical (unpaired) electrons. The third-order valence-corrected chi connectivity index (χ3v) is 4.93. The minimum Gasteiger partial charge on any atom is -0.379 e. The Balaban J connectivity index is 1.85. The van der Waals surface area contributed by atoms with Crippen LogP contribution in [0.4, 0.5) is 15.8 Å². The van der Waals surface area contributed by atoms with E-state index >= 15 is 0 Å². The quantitative estimate of drug-likeness (QED) is 0.861. The summed E-state index contributed by atoms with van der Waals surface area (Å²) >= 11 is 0. The normalized spacial score (nSPS) is 24.1. The van der Waals surface area contributed by atoms with Crippen LogP contribution < -0.4 is 10.6 Å². The molecule has 21 heavy (non-hydrogen) atoms. The van der Waals surface area contributed by atoms with E-state index < -0.39 is 0 Å². The number of rotatable bonds is 2. The maximum atomic E-state index is 14.3. The van der Waals surface area contributed by atoms with E-state index in [1.54, 1.807) is 12.1 Å². The van der Waals surface area contributed by atoms with E-state index in [1.807, 2.05) is 0 Å². The van der Waals surface area contributed by atoms with Crippen LogP contribution in [0, 0.1) is 11.2 Å². The summed E-state index contributed by atoms with van der Waals surface area (Å²) in [6.45, 7) is 4.48. The monoisotopic (exact) mass is 290 g/mol. The number of nitrogens with one attached hydrogen (secondary N) is 2. The molecule has 0 aromatic heterocycles.